The minimum absolute atomic E-state index is 0.350. The fraction of sp³-hybridized carbons (Fsp3) is 0.357. The van der Waals surface area contributed by atoms with Crippen LogP contribution in [0.3, 0.4) is 0 Å². The molecular formula is C14H16N2O3. The summed E-state index contributed by atoms with van der Waals surface area (Å²) in [7, 11) is 0. The number of para-hydroxylation sites is 1. The van der Waals surface area contributed by atoms with Gasteiger partial charge in [0.2, 0.25) is 0 Å². The van der Waals surface area contributed by atoms with Gasteiger partial charge in [0, 0.05) is 23.6 Å². The summed E-state index contributed by atoms with van der Waals surface area (Å²) < 4.78 is 0. The molecule has 5 nitrogen and oxygen atoms in total. The van der Waals surface area contributed by atoms with E-state index in [9.17, 15) is 9.90 Å². The number of carbonyl (C=O) groups is 1. The van der Waals surface area contributed by atoms with Gasteiger partial charge in [0.05, 0.1) is 12.1 Å². The van der Waals surface area contributed by atoms with Gasteiger partial charge in [-0.2, -0.15) is 0 Å². The Hall–Kier alpha value is -2.01. The number of amides is 1. The highest BCUT2D eigenvalue weighted by molar-refractivity contribution is 5.83. The molecule has 3 rings (SSSR count). The second kappa shape index (κ2) is 4.59. The molecule has 0 bridgehead atoms. The van der Waals surface area contributed by atoms with Crippen molar-refractivity contribution in [3.63, 3.8) is 0 Å². The minimum atomic E-state index is -0.957. The van der Waals surface area contributed by atoms with Crippen LogP contribution in [-0.2, 0) is 6.42 Å². The van der Waals surface area contributed by atoms with E-state index in [4.69, 9.17) is 5.11 Å². The maximum Gasteiger partial charge on any atom is 0.407 e. The Morgan fingerprint density at radius 1 is 1.42 bits per heavy atom. The van der Waals surface area contributed by atoms with Crippen LogP contribution in [0.15, 0.2) is 30.5 Å². The Kier molecular flexibility index (Phi) is 2.91. The summed E-state index contributed by atoms with van der Waals surface area (Å²) in [5, 5.41) is 20.2. The number of aliphatic hydroxyl groups excluding tert-OH is 1. The molecule has 1 aromatic heterocycles. The highest BCUT2D eigenvalue weighted by atomic mass is 16.4. The number of nitrogens with one attached hydrogen (secondary N) is 1. The third-order valence-corrected chi connectivity index (χ3v) is 3.86. The van der Waals surface area contributed by atoms with Crippen molar-refractivity contribution in [1.29, 1.82) is 0 Å². The van der Waals surface area contributed by atoms with Gasteiger partial charge in [-0.25, -0.2) is 4.79 Å². The van der Waals surface area contributed by atoms with Gasteiger partial charge >= 0.3 is 6.09 Å². The van der Waals surface area contributed by atoms with Gasteiger partial charge in [0.1, 0.15) is 0 Å². The van der Waals surface area contributed by atoms with Crippen molar-refractivity contribution >= 4 is 17.0 Å². The molecule has 2 atom stereocenters. The standard InChI is InChI=1S/C14H16N2O3/c17-13-5-6-16(14(18)19)12(13)7-9-8-15-11-4-2-1-3-10(9)11/h1-4,8,12-13,15,17H,5-7H2,(H,18,19). The van der Waals surface area contributed by atoms with Crippen LogP contribution in [0, 0.1) is 0 Å². The molecule has 0 saturated carbocycles. The molecule has 19 heavy (non-hydrogen) atoms. The van der Waals surface area contributed by atoms with E-state index >= 15 is 0 Å². The second-order valence-corrected chi connectivity index (χ2v) is 4.96. The van der Waals surface area contributed by atoms with Gasteiger partial charge in [-0.1, -0.05) is 18.2 Å². The largest absolute Gasteiger partial charge is 0.465 e. The van der Waals surface area contributed by atoms with Gasteiger partial charge in [-0.3, -0.25) is 0 Å². The fourth-order valence-electron chi connectivity index (χ4n) is 2.85. The molecule has 2 heterocycles. The third kappa shape index (κ3) is 2.06. The van der Waals surface area contributed by atoms with E-state index in [-0.39, 0.29) is 6.04 Å². The molecule has 2 aromatic rings. The van der Waals surface area contributed by atoms with Gasteiger partial charge in [0.25, 0.3) is 0 Å². The van der Waals surface area contributed by atoms with E-state index in [1.165, 1.54) is 4.90 Å². The normalized spacial score (nSPS) is 23.1. The number of likely N-dealkylation sites (tertiary alicyclic amines) is 1. The first-order valence-electron chi connectivity index (χ1n) is 6.39. The molecule has 0 spiro atoms. The van der Waals surface area contributed by atoms with Crippen molar-refractivity contribution in [2.24, 2.45) is 0 Å². The summed E-state index contributed by atoms with van der Waals surface area (Å²) in [6, 6.07) is 7.56. The maximum atomic E-state index is 11.2. The summed E-state index contributed by atoms with van der Waals surface area (Å²) in [6.45, 7) is 0.406. The lowest BCUT2D eigenvalue weighted by Crippen LogP contribution is -2.40. The quantitative estimate of drug-likeness (QED) is 0.771. The number of rotatable bonds is 2. The predicted octanol–water partition coefficient (Wildman–Crippen LogP) is 1.82. The number of aromatic amines is 1. The van der Waals surface area contributed by atoms with Crippen LogP contribution in [0.4, 0.5) is 4.79 Å². The smallest absolute Gasteiger partial charge is 0.407 e. The first-order chi connectivity index (χ1) is 9.16. The highest BCUT2D eigenvalue weighted by Crippen LogP contribution is 2.25. The van der Waals surface area contributed by atoms with E-state index < -0.39 is 12.2 Å². The molecule has 1 aliphatic rings. The Morgan fingerprint density at radius 3 is 3.00 bits per heavy atom. The van der Waals surface area contributed by atoms with Crippen LogP contribution in [0.5, 0.6) is 0 Å². The molecule has 1 aliphatic heterocycles. The number of nitrogens with zero attached hydrogens (tertiary/aromatic N) is 1. The lowest BCUT2D eigenvalue weighted by atomic mass is 10.0. The summed E-state index contributed by atoms with van der Waals surface area (Å²) in [4.78, 5) is 15.7. The van der Waals surface area contributed by atoms with Crippen LogP contribution < -0.4 is 0 Å². The number of benzene rings is 1. The second-order valence-electron chi connectivity index (χ2n) is 4.96. The lowest BCUT2D eigenvalue weighted by molar-refractivity contribution is 0.100. The summed E-state index contributed by atoms with van der Waals surface area (Å²) >= 11 is 0. The molecule has 1 aromatic carbocycles. The summed E-state index contributed by atoms with van der Waals surface area (Å²) in [6.07, 6.45) is 1.41. The van der Waals surface area contributed by atoms with E-state index in [0.29, 0.717) is 19.4 Å². The SMILES string of the molecule is O=C(O)N1CCC(O)C1Cc1c[nH]c2ccccc12. The zero-order valence-electron chi connectivity index (χ0n) is 10.4. The molecule has 5 heteroatoms. The van der Waals surface area contributed by atoms with Crippen molar-refractivity contribution in [2.45, 2.75) is 25.0 Å². The molecule has 1 fully saturated rings. The molecule has 100 valence electrons. The average molecular weight is 260 g/mol. The van der Waals surface area contributed by atoms with Gasteiger partial charge in [-0.15, -0.1) is 0 Å². The first kappa shape index (κ1) is 12.0. The summed E-state index contributed by atoms with van der Waals surface area (Å²) in [5.74, 6) is 0. The van der Waals surface area contributed by atoms with Crippen molar-refractivity contribution in [3.8, 4) is 0 Å². The molecular weight excluding hydrogens is 244 g/mol. The molecule has 0 aliphatic carbocycles. The van der Waals surface area contributed by atoms with Gasteiger partial charge in [0.15, 0.2) is 0 Å². The molecule has 3 N–H and O–H groups in total. The van der Waals surface area contributed by atoms with Gasteiger partial charge in [-0.05, 0) is 24.5 Å². The Bertz CT molecular complexity index is 608. The Labute approximate surface area is 110 Å². The summed E-state index contributed by atoms with van der Waals surface area (Å²) in [5.41, 5.74) is 2.08. The zero-order chi connectivity index (χ0) is 13.4. The number of fused-ring (bicyclic) bond motifs is 1. The number of H-pyrrole nitrogens is 1. The predicted molar refractivity (Wildman–Crippen MR) is 71.1 cm³/mol. The fourth-order valence-corrected chi connectivity index (χ4v) is 2.85. The number of hydrogen-bond acceptors (Lipinski definition) is 2. The van der Waals surface area contributed by atoms with Crippen molar-refractivity contribution in [2.75, 3.05) is 6.54 Å². The highest BCUT2D eigenvalue weighted by Gasteiger charge is 2.36. The molecule has 1 amide bonds. The Balaban J connectivity index is 1.89. The van der Waals surface area contributed by atoms with E-state index in [1.807, 2.05) is 30.5 Å². The molecule has 0 radical (unpaired) electrons. The number of aliphatic hydroxyl groups is 1. The Morgan fingerprint density at radius 2 is 2.21 bits per heavy atom. The monoisotopic (exact) mass is 260 g/mol. The number of carboxylic acid groups (broad SMARTS) is 1. The average Bonchev–Trinajstić information content (AvgIpc) is 2.96. The van der Waals surface area contributed by atoms with E-state index in [1.54, 1.807) is 0 Å². The molecule has 1 saturated heterocycles. The molecule has 2 unspecified atom stereocenters. The van der Waals surface area contributed by atoms with Gasteiger partial charge < -0.3 is 20.1 Å². The zero-order valence-corrected chi connectivity index (χ0v) is 10.4. The topological polar surface area (TPSA) is 76.6 Å². The van der Waals surface area contributed by atoms with Crippen LogP contribution in [0.25, 0.3) is 10.9 Å². The maximum absolute atomic E-state index is 11.2. The van der Waals surface area contributed by atoms with Crippen LogP contribution in [-0.4, -0.2) is 44.9 Å². The third-order valence-electron chi connectivity index (χ3n) is 3.86. The van der Waals surface area contributed by atoms with Crippen molar-refractivity contribution in [3.05, 3.63) is 36.0 Å². The first-order valence-corrected chi connectivity index (χ1v) is 6.39. The lowest BCUT2D eigenvalue weighted by Gasteiger charge is -2.23. The van der Waals surface area contributed by atoms with E-state index in [0.717, 1.165) is 16.5 Å². The van der Waals surface area contributed by atoms with Crippen LogP contribution in [0.1, 0.15) is 12.0 Å². The van der Waals surface area contributed by atoms with E-state index in [2.05, 4.69) is 4.98 Å². The van der Waals surface area contributed by atoms with Crippen LogP contribution in [0.2, 0.25) is 0 Å². The van der Waals surface area contributed by atoms with Crippen LogP contribution >= 0.6 is 0 Å². The minimum Gasteiger partial charge on any atom is -0.465 e. The number of hydrogen-bond donors (Lipinski definition) is 3. The van der Waals surface area contributed by atoms with Crippen molar-refractivity contribution in [1.82, 2.24) is 9.88 Å². The number of aromatic nitrogens is 1. The van der Waals surface area contributed by atoms with Crippen molar-refractivity contribution < 1.29 is 15.0 Å².